The second-order valence-corrected chi connectivity index (χ2v) is 8.49. The molecule has 7 nitrogen and oxygen atoms in total. The second kappa shape index (κ2) is 6.79. The number of rotatable bonds is 4. The monoisotopic (exact) mass is 397 g/mol. The van der Waals surface area contributed by atoms with Gasteiger partial charge in [0.05, 0.1) is 4.90 Å². The highest BCUT2D eigenvalue weighted by Crippen LogP contribution is 2.33. The number of fused-ring (bicyclic) bond motifs is 1. The lowest BCUT2D eigenvalue weighted by molar-refractivity contribution is 0.0981. The Morgan fingerprint density at radius 2 is 1.89 bits per heavy atom. The number of anilines is 2. The van der Waals surface area contributed by atoms with Crippen molar-refractivity contribution < 1.29 is 17.7 Å². The highest BCUT2D eigenvalue weighted by molar-refractivity contribution is 7.92. The molecule has 0 aliphatic carbocycles. The Hall–Kier alpha value is -3.13. The van der Waals surface area contributed by atoms with Gasteiger partial charge in [0.25, 0.3) is 15.9 Å². The van der Waals surface area contributed by atoms with Crippen LogP contribution in [0.1, 0.15) is 28.6 Å². The summed E-state index contributed by atoms with van der Waals surface area (Å²) in [6.45, 7) is 3.67. The fourth-order valence-electron chi connectivity index (χ4n) is 3.40. The van der Waals surface area contributed by atoms with Crippen LogP contribution in [0.25, 0.3) is 0 Å². The van der Waals surface area contributed by atoms with Crippen molar-refractivity contribution in [2.24, 2.45) is 0 Å². The number of amides is 1. The van der Waals surface area contributed by atoms with Crippen LogP contribution in [0.4, 0.5) is 11.5 Å². The number of benzene rings is 2. The smallest absolute Gasteiger partial charge is 0.263 e. The molecule has 1 aliphatic heterocycles. The quantitative estimate of drug-likeness (QED) is 0.729. The van der Waals surface area contributed by atoms with E-state index in [2.05, 4.69) is 9.88 Å². The van der Waals surface area contributed by atoms with Crippen molar-refractivity contribution in [3.8, 4) is 0 Å². The number of hydrogen-bond acceptors (Lipinski definition) is 5. The summed E-state index contributed by atoms with van der Waals surface area (Å²) in [5.74, 6) is 0.459. The van der Waals surface area contributed by atoms with E-state index in [1.165, 1.54) is 30.3 Å². The van der Waals surface area contributed by atoms with Gasteiger partial charge in [-0.2, -0.15) is 0 Å². The van der Waals surface area contributed by atoms with Crippen LogP contribution in [0.15, 0.2) is 64.0 Å². The number of carbonyl (C=O) groups excluding carboxylic acids is 1. The third kappa shape index (κ3) is 3.27. The predicted octanol–water partition coefficient (Wildman–Crippen LogP) is 3.38. The van der Waals surface area contributed by atoms with Crippen molar-refractivity contribution in [1.82, 2.24) is 5.16 Å². The van der Waals surface area contributed by atoms with Crippen molar-refractivity contribution in [3.05, 3.63) is 71.5 Å². The Bertz CT molecular complexity index is 1140. The van der Waals surface area contributed by atoms with E-state index < -0.39 is 10.0 Å². The maximum Gasteiger partial charge on any atom is 0.263 e. The van der Waals surface area contributed by atoms with Crippen LogP contribution in [-0.4, -0.2) is 25.5 Å². The van der Waals surface area contributed by atoms with Gasteiger partial charge in [-0.3, -0.25) is 9.52 Å². The summed E-state index contributed by atoms with van der Waals surface area (Å²) in [6.07, 6.45) is 0.801. The van der Waals surface area contributed by atoms with Crippen LogP contribution in [-0.2, 0) is 16.4 Å². The molecule has 1 unspecified atom stereocenters. The highest BCUT2D eigenvalue weighted by Gasteiger charge is 2.31. The van der Waals surface area contributed by atoms with Gasteiger partial charge >= 0.3 is 0 Å². The summed E-state index contributed by atoms with van der Waals surface area (Å²) < 4.78 is 32.2. The SMILES string of the molecule is Cc1cc(NS(=O)(=O)c2ccc(C(=O)N3c4ccccc4CC3C)cc2)no1. The number of carbonyl (C=O) groups is 1. The number of aromatic nitrogens is 1. The second-order valence-electron chi connectivity index (χ2n) is 6.81. The van der Waals surface area contributed by atoms with Gasteiger partial charge in [0.1, 0.15) is 5.76 Å². The van der Waals surface area contributed by atoms with Crippen LogP contribution >= 0.6 is 0 Å². The minimum atomic E-state index is -3.82. The molecule has 0 saturated heterocycles. The lowest BCUT2D eigenvalue weighted by Crippen LogP contribution is -2.35. The first-order chi connectivity index (χ1) is 13.3. The molecule has 28 heavy (non-hydrogen) atoms. The Kier molecular flexibility index (Phi) is 4.43. The largest absolute Gasteiger partial charge is 0.360 e. The number of nitrogens with one attached hydrogen (secondary N) is 1. The first-order valence-electron chi connectivity index (χ1n) is 8.83. The van der Waals surface area contributed by atoms with Gasteiger partial charge in [-0.1, -0.05) is 23.4 Å². The zero-order valence-electron chi connectivity index (χ0n) is 15.4. The Morgan fingerprint density at radius 1 is 1.18 bits per heavy atom. The van der Waals surface area contributed by atoms with Crippen LogP contribution in [0.5, 0.6) is 0 Å². The summed E-state index contributed by atoms with van der Waals surface area (Å²) >= 11 is 0. The van der Waals surface area contributed by atoms with E-state index in [1.54, 1.807) is 11.8 Å². The summed E-state index contributed by atoms with van der Waals surface area (Å²) in [6, 6.07) is 15.2. The van der Waals surface area contributed by atoms with Gasteiger partial charge in [0.15, 0.2) is 5.82 Å². The molecule has 2 heterocycles. The molecule has 3 aromatic rings. The Labute approximate surface area is 163 Å². The average Bonchev–Trinajstić information content (AvgIpc) is 3.22. The summed E-state index contributed by atoms with van der Waals surface area (Å²) in [4.78, 5) is 14.8. The summed E-state index contributed by atoms with van der Waals surface area (Å²) in [5.41, 5.74) is 2.47. The molecule has 8 heteroatoms. The van der Waals surface area contributed by atoms with Gasteiger partial charge in [-0.05, 0) is 56.2 Å². The lowest BCUT2D eigenvalue weighted by Gasteiger charge is -2.23. The third-order valence-corrected chi connectivity index (χ3v) is 6.08. The molecule has 1 N–H and O–H groups in total. The molecule has 0 bridgehead atoms. The van der Waals surface area contributed by atoms with Crippen LogP contribution in [0.3, 0.4) is 0 Å². The average molecular weight is 397 g/mol. The molecule has 1 aliphatic rings. The Morgan fingerprint density at radius 3 is 2.57 bits per heavy atom. The summed E-state index contributed by atoms with van der Waals surface area (Å²) in [7, 11) is -3.82. The highest BCUT2D eigenvalue weighted by atomic mass is 32.2. The molecule has 0 fully saturated rings. The van der Waals surface area contributed by atoms with Gasteiger partial charge in [-0.25, -0.2) is 8.42 Å². The lowest BCUT2D eigenvalue weighted by atomic mass is 10.1. The van der Waals surface area contributed by atoms with Crippen molar-refractivity contribution in [2.75, 3.05) is 9.62 Å². The first kappa shape index (κ1) is 18.2. The van der Waals surface area contributed by atoms with Gasteiger partial charge in [0.2, 0.25) is 0 Å². The van der Waals surface area contributed by atoms with Crippen LogP contribution < -0.4 is 9.62 Å². The van der Waals surface area contributed by atoms with Crippen molar-refractivity contribution in [3.63, 3.8) is 0 Å². The maximum atomic E-state index is 13.0. The number of hydrogen-bond donors (Lipinski definition) is 1. The molecule has 4 rings (SSSR count). The maximum absolute atomic E-state index is 13.0. The van der Waals surface area contributed by atoms with E-state index in [9.17, 15) is 13.2 Å². The number of aryl methyl sites for hydroxylation is 1. The van der Waals surface area contributed by atoms with Crippen molar-refractivity contribution >= 4 is 27.4 Å². The van der Waals surface area contributed by atoms with Gasteiger partial charge in [-0.15, -0.1) is 0 Å². The molecular weight excluding hydrogens is 378 g/mol. The molecule has 0 saturated carbocycles. The number of nitrogens with zero attached hydrogens (tertiary/aromatic N) is 2. The fourth-order valence-corrected chi connectivity index (χ4v) is 4.39. The van der Waals surface area contributed by atoms with Gasteiger partial charge < -0.3 is 9.42 Å². The molecule has 144 valence electrons. The number of sulfonamides is 1. The first-order valence-corrected chi connectivity index (χ1v) is 10.3. The van der Waals surface area contributed by atoms with E-state index in [0.29, 0.717) is 11.3 Å². The van der Waals surface area contributed by atoms with Gasteiger partial charge in [0, 0.05) is 23.4 Å². The molecule has 1 amide bonds. The Balaban J connectivity index is 1.57. The number of para-hydroxylation sites is 1. The molecular formula is C20H19N3O4S. The topological polar surface area (TPSA) is 92.5 Å². The minimum Gasteiger partial charge on any atom is -0.360 e. The van der Waals surface area contributed by atoms with E-state index in [-0.39, 0.29) is 22.7 Å². The van der Waals surface area contributed by atoms with E-state index in [0.717, 1.165) is 17.7 Å². The van der Waals surface area contributed by atoms with Crippen molar-refractivity contribution in [1.29, 1.82) is 0 Å². The zero-order valence-corrected chi connectivity index (χ0v) is 16.2. The van der Waals surface area contributed by atoms with Crippen LogP contribution in [0, 0.1) is 6.92 Å². The molecule has 1 atom stereocenters. The van der Waals surface area contributed by atoms with E-state index in [1.807, 2.05) is 31.2 Å². The summed E-state index contributed by atoms with van der Waals surface area (Å²) in [5, 5.41) is 3.63. The van der Waals surface area contributed by atoms with E-state index in [4.69, 9.17) is 4.52 Å². The standard InChI is InChI=1S/C20H19N3O4S/c1-13-11-16-5-3-4-6-18(16)23(13)20(24)15-7-9-17(10-8-15)28(25,26)22-19-12-14(2)27-21-19/h3-10,12-13H,11H2,1-2H3,(H,21,22). The molecule has 2 aromatic carbocycles. The minimum absolute atomic E-state index is 0.0413. The van der Waals surface area contributed by atoms with Crippen molar-refractivity contribution in [2.45, 2.75) is 31.2 Å². The van der Waals surface area contributed by atoms with Crippen LogP contribution in [0.2, 0.25) is 0 Å². The molecule has 0 radical (unpaired) electrons. The normalized spacial score (nSPS) is 16.1. The fraction of sp³-hybridized carbons (Fsp3) is 0.200. The van der Waals surface area contributed by atoms with E-state index >= 15 is 0 Å². The molecule has 1 aromatic heterocycles. The third-order valence-electron chi connectivity index (χ3n) is 4.70. The zero-order chi connectivity index (χ0) is 19.9. The molecule has 0 spiro atoms. The predicted molar refractivity (Wildman–Crippen MR) is 105 cm³/mol.